The quantitative estimate of drug-likeness (QED) is 0.922. The topological polar surface area (TPSA) is 32.3 Å². The van der Waals surface area contributed by atoms with Gasteiger partial charge in [-0.05, 0) is 56.5 Å². The minimum absolute atomic E-state index is 0.168. The number of likely N-dealkylation sites (tertiary alicyclic amines) is 1. The number of nitrogens with zero attached hydrogens (tertiary/aromatic N) is 1. The van der Waals surface area contributed by atoms with E-state index in [1.54, 1.807) is 0 Å². The van der Waals surface area contributed by atoms with E-state index in [9.17, 15) is 9.18 Å². The highest BCUT2D eigenvalue weighted by molar-refractivity contribution is 5.79. The molecule has 1 aliphatic heterocycles. The predicted octanol–water partition coefficient (Wildman–Crippen LogP) is 3.49. The molecule has 0 atom stereocenters. The summed E-state index contributed by atoms with van der Waals surface area (Å²) in [6.45, 7) is 2.73. The second-order valence-corrected chi connectivity index (χ2v) is 7.02. The number of amides is 1. The Balaban J connectivity index is 1.42. The van der Waals surface area contributed by atoms with Crippen molar-refractivity contribution >= 4 is 5.91 Å². The SMILES string of the molecule is O=C(NC1CCCCC1)C1CCN(Cc2ccc(F)cc2)CC1. The third-order valence-electron chi connectivity index (χ3n) is 5.23. The molecule has 1 heterocycles. The molecule has 1 N–H and O–H groups in total. The van der Waals surface area contributed by atoms with E-state index >= 15 is 0 Å². The number of carbonyl (C=O) groups excluding carboxylic acids is 1. The Morgan fingerprint density at radius 1 is 1.04 bits per heavy atom. The predicted molar refractivity (Wildman–Crippen MR) is 89.4 cm³/mol. The monoisotopic (exact) mass is 318 g/mol. The van der Waals surface area contributed by atoms with E-state index in [2.05, 4.69) is 10.2 Å². The van der Waals surface area contributed by atoms with Crippen molar-refractivity contribution in [3.63, 3.8) is 0 Å². The van der Waals surface area contributed by atoms with Gasteiger partial charge in [0, 0.05) is 18.5 Å². The maximum Gasteiger partial charge on any atom is 0.223 e. The summed E-state index contributed by atoms with van der Waals surface area (Å²) in [4.78, 5) is 14.8. The summed E-state index contributed by atoms with van der Waals surface area (Å²) in [5.41, 5.74) is 1.14. The summed E-state index contributed by atoms with van der Waals surface area (Å²) in [6.07, 6.45) is 7.97. The Kier molecular flexibility index (Phi) is 5.65. The number of hydrogen-bond acceptors (Lipinski definition) is 2. The minimum Gasteiger partial charge on any atom is -0.353 e. The van der Waals surface area contributed by atoms with E-state index in [0.29, 0.717) is 6.04 Å². The van der Waals surface area contributed by atoms with Crippen LogP contribution in [0.5, 0.6) is 0 Å². The lowest BCUT2D eigenvalue weighted by atomic mass is 9.92. The molecular weight excluding hydrogens is 291 g/mol. The van der Waals surface area contributed by atoms with Crippen LogP contribution in [0.3, 0.4) is 0 Å². The Morgan fingerprint density at radius 2 is 1.70 bits per heavy atom. The number of carbonyl (C=O) groups is 1. The molecule has 1 saturated carbocycles. The lowest BCUT2D eigenvalue weighted by molar-refractivity contribution is -0.127. The van der Waals surface area contributed by atoms with Crippen molar-refractivity contribution in [1.29, 1.82) is 0 Å². The van der Waals surface area contributed by atoms with Crippen LogP contribution in [-0.2, 0) is 11.3 Å². The Bertz CT molecular complexity index is 503. The number of piperidine rings is 1. The van der Waals surface area contributed by atoms with Crippen LogP contribution in [0, 0.1) is 11.7 Å². The van der Waals surface area contributed by atoms with Crippen molar-refractivity contribution in [1.82, 2.24) is 10.2 Å². The largest absolute Gasteiger partial charge is 0.353 e. The normalized spacial score (nSPS) is 21.3. The summed E-state index contributed by atoms with van der Waals surface area (Å²) in [7, 11) is 0. The zero-order valence-corrected chi connectivity index (χ0v) is 13.8. The molecule has 4 heteroatoms. The highest BCUT2D eigenvalue weighted by atomic mass is 19.1. The lowest BCUT2D eigenvalue weighted by Gasteiger charge is -2.32. The van der Waals surface area contributed by atoms with Crippen LogP contribution < -0.4 is 5.32 Å². The summed E-state index contributed by atoms with van der Waals surface area (Å²) >= 11 is 0. The molecule has 3 rings (SSSR count). The molecule has 0 aromatic heterocycles. The standard InChI is InChI=1S/C19H27FN2O/c20-17-8-6-15(7-9-17)14-22-12-10-16(11-13-22)19(23)21-18-4-2-1-3-5-18/h6-9,16,18H,1-5,10-14H2,(H,21,23). The highest BCUT2D eigenvalue weighted by Gasteiger charge is 2.26. The molecule has 1 aliphatic carbocycles. The average molecular weight is 318 g/mol. The van der Waals surface area contributed by atoms with Gasteiger partial charge in [-0.15, -0.1) is 0 Å². The molecule has 3 nitrogen and oxygen atoms in total. The van der Waals surface area contributed by atoms with Gasteiger partial charge in [0.1, 0.15) is 5.82 Å². The van der Waals surface area contributed by atoms with E-state index < -0.39 is 0 Å². The summed E-state index contributed by atoms with van der Waals surface area (Å²) in [5.74, 6) is 0.242. The van der Waals surface area contributed by atoms with Gasteiger partial charge in [0.2, 0.25) is 5.91 Å². The van der Waals surface area contributed by atoms with Crippen LogP contribution in [0.2, 0.25) is 0 Å². The molecule has 0 unspecified atom stereocenters. The van der Waals surface area contributed by atoms with Gasteiger partial charge in [0.15, 0.2) is 0 Å². The highest BCUT2D eigenvalue weighted by Crippen LogP contribution is 2.22. The molecule has 126 valence electrons. The number of nitrogens with one attached hydrogen (secondary N) is 1. The van der Waals surface area contributed by atoms with Gasteiger partial charge in [0.05, 0.1) is 0 Å². The fraction of sp³-hybridized carbons (Fsp3) is 0.632. The minimum atomic E-state index is -0.188. The van der Waals surface area contributed by atoms with Gasteiger partial charge < -0.3 is 5.32 Å². The smallest absolute Gasteiger partial charge is 0.223 e. The first-order valence-corrected chi connectivity index (χ1v) is 8.98. The first-order valence-electron chi connectivity index (χ1n) is 8.98. The Morgan fingerprint density at radius 3 is 2.35 bits per heavy atom. The maximum atomic E-state index is 12.9. The van der Waals surface area contributed by atoms with Crippen LogP contribution in [-0.4, -0.2) is 29.9 Å². The van der Waals surface area contributed by atoms with Crippen LogP contribution in [0.15, 0.2) is 24.3 Å². The molecule has 1 amide bonds. The zero-order chi connectivity index (χ0) is 16.1. The molecule has 0 radical (unpaired) electrons. The van der Waals surface area contributed by atoms with E-state index in [-0.39, 0.29) is 17.6 Å². The lowest BCUT2D eigenvalue weighted by Crippen LogP contribution is -2.44. The van der Waals surface area contributed by atoms with Crippen molar-refractivity contribution < 1.29 is 9.18 Å². The average Bonchev–Trinajstić information content (AvgIpc) is 2.58. The van der Waals surface area contributed by atoms with Crippen molar-refractivity contribution in [3.8, 4) is 0 Å². The fourth-order valence-corrected chi connectivity index (χ4v) is 3.77. The van der Waals surface area contributed by atoms with Crippen LogP contribution in [0.1, 0.15) is 50.5 Å². The molecule has 0 bridgehead atoms. The molecule has 1 saturated heterocycles. The number of rotatable bonds is 4. The van der Waals surface area contributed by atoms with E-state index in [1.807, 2.05) is 12.1 Å². The van der Waals surface area contributed by atoms with E-state index in [4.69, 9.17) is 0 Å². The molecular formula is C19H27FN2O. The van der Waals surface area contributed by atoms with Crippen LogP contribution in [0.4, 0.5) is 4.39 Å². The van der Waals surface area contributed by atoms with Gasteiger partial charge in [0.25, 0.3) is 0 Å². The second-order valence-electron chi connectivity index (χ2n) is 7.02. The molecule has 1 aromatic carbocycles. The second kappa shape index (κ2) is 7.91. The van der Waals surface area contributed by atoms with Gasteiger partial charge in [-0.1, -0.05) is 31.4 Å². The Labute approximate surface area is 138 Å². The van der Waals surface area contributed by atoms with Gasteiger partial charge in [-0.25, -0.2) is 4.39 Å². The summed E-state index contributed by atoms with van der Waals surface area (Å²) < 4.78 is 12.9. The molecule has 0 spiro atoms. The first kappa shape index (κ1) is 16.4. The molecule has 1 aromatic rings. The van der Waals surface area contributed by atoms with Crippen molar-refractivity contribution in [2.45, 2.75) is 57.5 Å². The van der Waals surface area contributed by atoms with E-state index in [1.165, 1.54) is 31.4 Å². The maximum absolute atomic E-state index is 12.9. The summed E-state index contributed by atoms with van der Waals surface area (Å²) in [5, 5.41) is 3.26. The molecule has 2 aliphatic rings. The third kappa shape index (κ3) is 4.77. The van der Waals surface area contributed by atoms with Crippen LogP contribution >= 0.6 is 0 Å². The zero-order valence-electron chi connectivity index (χ0n) is 13.8. The van der Waals surface area contributed by atoms with Crippen molar-refractivity contribution in [3.05, 3.63) is 35.6 Å². The van der Waals surface area contributed by atoms with Crippen molar-refractivity contribution in [2.24, 2.45) is 5.92 Å². The molecule has 23 heavy (non-hydrogen) atoms. The third-order valence-corrected chi connectivity index (χ3v) is 5.23. The van der Waals surface area contributed by atoms with Gasteiger partial charge in [-0.3, -0.25) is 9.69 Å². The first-order chi connectivity index (χ1) is 11.2. The van der Waals surface area contributed by atoms with Crippen molar-refractivity contribution in [2.75, 3.05) is 13.1 Å². The number of benzene rings is 1. The Hall–Kier alpha value is -1.42. The van der Waals surface area contributed by atoms with Gasteiger partial charge >= 0.3 is 0 Å². The number of halogens is 1. The number of hydrogen-bond donors (Lipinski definition) is 1. The molecule has 2 fully saturated rings. The van der Waals surface area contributed by atoms with Crippen LogP contribution in [0.25, 0.3) is 0 Å². The van der Waals surface area contributed by atoms with Gasteiger partial charge in [-0.2, -0.15) is 0 Å². The fourth-order valence-electron chi connectivity index (χ4n) is 3.77. The summed E-state index contributed by atoms with van der Waals surface area (Å²) in [6, 6.07) is 7.13. The van der Waals surface area contributed by atoms with E-state index in [0.717, 1.165) is 50.9 Å².